The molecule has 1 rings (SSSR count). The fourth-order valence-electron chi connectivity index (χ4n) is 1.38. The Kier molecular flexibility index (Phi) is 6.70. The van der Waals surface area contributed by atoms with Crippen molar-refractivity contribution >= 4 is 20.8 Å². The minimum Gasteiger partial charge on any atom is -0.447 e. The number of hydrogen-bond donors (Lipinski definition) is 2. The quantitative estimate of drug-likeness (QED) is 0.646. The molecule has 2 N–H and O–H groups in total. The molecule has 0 saturated heterocycles. The van der Waals surface area contributed by atoms with Gasteiger partial charge in [-0.1, -0.05) is 6.92 Å². The fourth-order valence-corrected chi connectivity index (χ4v) is 2.87. The Morgan fingerprint density at radius 2 is 2.05 bits per heavy atom. The molecule has 1 heterocycles. The van der Waals surface area contributed by atoms with Gasteiger partial charge in [0.2, 0.25) is 5.09 Å². The summed E-state index contributed by atoms with van der Waals surface area (Å²) in [5.74, 6) is 0.859. The Morgan fingerprint density at radius 3 is 2.68 bits per heavy atom. The van der Waals surface area contributed by atoms with Gasteiger partial charge in [-0.05, 0) is 25.1 Å². The maximum Gasteiger partial charge on any atom is 0.273 e. The van der Waals surface area contributed by atoms with Gasteiger partial charge in [0.15, 0.2) is 0 Å². The van der Waals surface area contributed by atoms with Crippen LogP contribution in [0.5, 0.6) is 0 Å². The Balaban J connectivity index is 2.56. The summed E-state index contributed by atoms with van der Waals surface area (Å²) in [7, 11) is -4.67. The van der Waals surface area contributed by atoms with E-state index in [9.17, 15) is 12.6 Å². The van der Waals surface area contributed by atoms with Crippen LogP contribution in [0.3, 0.4) is 0 Å². The van der Waals surface area contributed by atoms with E-state index < -0.39 is 20.8 Å². The topological polar surface area (TPSA) is 88.4 Å². The van der Waals surface area contributed by atoms with Crippen LogP contribution in [0.2, 0.25) is 0 Å². The highest BCUT2D eigenvalue weighted by molar-refractivity contribution is 7.89. The van der Waals surface area contributed by atoms with Crippen molar-refractivity contribution in [3.8, 4) is 0 Å². The van der Waals surface area contributed by atoms with Crippen LogP contribution in [0.1, 0.15) is 19.1 Å². The molecule has 0 saturated carbocycles. The van der Waals surface area contributed by atoms with Crippen LogP contribution in [0.25, 0.3) is 0 Å². The number of rotatable bonds is 9. The molecule has 0 radical (unpaired) electrons. The summed E-state index contributed by atoms with van der Waals surface area (Å²) in [5, 5.41) is 3.02. The van der Waals surface area contributed by atoms with Crippen molar-refractivity contribution in [3.63, 3.8) is 0 Å². The second-order valence-electron chi connectivity index (χ2n) is 4.07. The first-order valence-corrected chi connectivity index (χ1v) is 9.26. The van der Waals surface area contributed by atoms with Crippen molar-refractivity contribution in [2.45, 2.75) is 25.0 Å². The zero-order valence-electron chi connectivity index (χ0n) is 11.1. The molecule has 0 aliphatic carbocycles. The summed E-state index contributed by atoms with van der Waals surface area (Å²) in [6.07, 6.45) is 2.53. The number of hydrogen-bond acceptors (Lipinski definition) is 5. The highest BCUT2D eigenvalue weighted by Gasteiger charge is 2.18. The molecule has 1 aromatic heterocycles. The van der Waals surface area contributed by atoms with Gasteiger partial charge in [-0.25, -0.2) is 13.1 Å². The lowest BCUT2D eigenvalue weighted by Gasteiger charge is -2.03. The third-order valence-corrected chi connectivity index (χ3v) is 4.42. The van der Waals surface area contributed by atoms with E-state index in [-0.39, 0.29) is 17.4 Å². The van der Waals surface area contributed by atoms with E-state index in [1.807, 2.05) is 6.92 Å². The van der Waals surface area contributed by atoms with Crippen LogP contribution in [-0.4, -0.2) is 37.7 Å². The number of sulfonamides is 1. The van der Waals surface area contributed by atoms with Crippen molar-refractivity contribution in [3.05, 3.63) is 17.9 Å². The minimum atomic E-state index is -3.64. The predicted molar refractivity (Wildman–Crippen MR) is 74.8 cm³/mol. The average Bonchev–Trinajstić information content (AvgIpc) is 2.78. The first kappa shape index (κ1) is 16.4. The lowest BCUT2D eigenvalue weighted by atomic mass is 10.4. The highest BCUT2D eigenvalue weighted by atomic mass is 32.2. The van der Waals surface area contributed by atoms with Crippen LogP contribution < -0.4 is 10.0 Å². The maximum absolute atomic E-state index is 11.8. The molecule has 0 aromatic carbocycles. The summed E-state index contributed by atoms with van der Waals surface area (Å²) in [6.45, 7) is 3.54. The van der Waals surface area contributed by atoms with E-state index in [2.05, 4.69) is 10.0 Å². The van der Waals surface area contributed by atoms with E-state index in [0.29, 0.717) is 12.3 Å². The Morgan fingerprint density at radius 1 is 1.32 bits per heavy atom. The van der Waals surface area contributed by atoms with Gasteiger partial charge < -0.3 is 9.73 Å². The molecule has 0 spiro atoms. The summed E-state index contributed by atoms with van der Waals surface area (Å²) in [4.78, 5) is 0. The molecule has 0 bridgehead atoms. The first-order chi connectivity index (χ1) is 8.95. The SMILES string of the molecule is CCCNCc1ccc(S(=O)(=O)NCCS(C)=O)o1. The van der Waals surface area contributed by atoms with E-state index in [0.717, 1.165) is 13.0 Å². The van der Waals surface area contributed by atoms with E-state index >= 15 is 0 Å². The summed E-state index contributed by atoms with van der Waals surface area (Å²) in [6, 6.07) is 3.06. The van der Waals surface area contributed by atoms with Crippen LogP contribution in [0.4, 0.5) is 0 Å². The molecule has 0 aliphatic rings. The van der Waals surface area contributed by atoms with Gasteiger partial charge in [-0.3, -0.25) is 4.21 Å². The largest absolute Gasteiger partial charge is 0.447 e. The molecule has 0 amide bonds. The van der Waals surface area contributed by atoms with Gasteiger partial charge in [-0.15, -0.1) is 0 Å². The van der Waals surface area contributed by atoms with Crippen LogP contribution in [-0.2, 0) is 27.4 Å². The average molecular weight is 308 g/mol. The molecule has 6 nitrogen and oxygen atoms in total. The second kappa shape index (κ2) is 7.78. The monoisotopic (exact) mass is 308 g/mol. The van der Waals surface area contributed by atoms with Gasteiger partial charge in [-0.2, -0.15) is 0 Å². The molecule has 1 aromatic rings. The first-order valence-electron chi connectivity index (χ1n) is 6.05. The van der Waals surface area contributed by atoms with Crippen molar-refractivity contribution < 1.29 is 17.0 Å². The van der Waals surface area contributed by atoms with Crippen molar-refractivity contribution in [2.75, 3.05) is 25.1 Å². The lowest BCUT2D eigenvalue weighted by molar-refractivity contribution is 0.400. The smallest absolute Gasteiger partial charge is 0.273 e. The lowest BCUT2D eigenvalue weighted by Crippen LogP contribution is -2.27. The molecular weight excluding hydrogens is 288 g/mol. The maximum atomic E-state index is 11.8. The Bertz CT molecular complexity index is 511. The zero-order chi connectivity index (χ0) is 14.3. The summed E-state index contributed by atoms with van der Waals surface area (Å²) >= 11 is 0. The zero-order valence-corrected chi connectivity index (χ0v) is 12.8. The molecule has 0 aliphatic heterocycles. The van der Waals surface area contributed by atoms with Crippen LogP contribution >= 0.6 is 0 Å². The number of furan rings is 1. The minimum absolute atomic E-state index is 0.109. The summed E-state index contributed by atoms with van der Waals surface area (Å²) in [5.41, 5.74) is 0. The van der Waals surface area contributed by atoms with Gasteiger partial charge in [0.25, 0.3) is 10.0 Å². The number of nitrogens with one attached hydrogen (secondary N) is 2. The Labute approximate surface area is 116 Å². The fraction of sp³-hybridized carbons (Fsp3) is 0.636. The third kappa shape index (κ3) is 5.85. The second-order valence-corrected chi connectivity index (χ2v) is 7.33. The van der Waals surface area contributed by atoms with Gasteiger partial charge in [0.05, 0.1) is 6.54 Å². The predicted octanol–water partition coefficient (Wildman–Crippen LogP) is 0.436. The van der Waals surface area contributed by atoms with Gasteiger partial charge >= 0.3 is 0 Å². The Hall–Kier alpha value is -0.700. The van der Waals surface area contributed by atoms with Gasteiger partial charge in [0, 0.05) is 29.4 Å². The van der Waals surface area contributed by atoms with Crippen LogP contribution in [0.15, 0.2) is 21.6 Å². The van der Waals surface area contributed by atoms with Crippen molar-refractivity contribution in [1.29, 1.82) is 0 Å². The molecule has 0 fully saturated rings. The van der Waals surface area contributed by atoms with Gasteiger partial charge in [0.1, 0.15) is 5.76 Å². The third-order valence-electron chi connectivity index (χ3n) is 2.31. The van der Waals surface area contributed by atoms with E-state index in [1.165, 1.54) is 12.3 Å². The van der Waals surface area contributed by atoms with Crippen molar-refractivity contribution in [2.24, 2.45) is 0 Å². The molecule has 1 atom stereocenters. The normalized spacial score (nSPS) is 13.6. The highest BCUT2D eigenvalue weighted by Crippen LogP contribution is 2.13. The van der Waals surface area contributed by atoms with E-state index in [1.54, 1.807) is 6.07 Å². The molecular formula is C11H20N2O4S2. The van der Waals surface area contributed by atoms with Crippen LogP contribution in [0, 0.1) is 0 Å². The molecule has 8 heteroatoms. The van der Waals surface area contributed by atoms with E-state index in [4.69, 9.17) is 4.42 Å². The molecule has 110 valence electrons. The molecule has 1 unspecified atom stereocenters. The van der Waals surface area contributed by atoms with Crippen molar-refractivity contribution in [1.82, 2.24) is 10.0 Å². The standard InChI is InChI=1S/C11H20N2O4S2/c1-3-6-12-9-10-4-5-11(17-10)19(15,16)13-7-8-18(2)14/h4-5,12-13H,3,6-9H2,1-2H3. The summed E-state index contributed by atoms with van der Waals surface area (Å²) < 4.78 is 42.1. The molecule has 19 heavy (non-hydrogen) atoms.